The monoisotopic (exact) mass is 258 g/mol. The van der Waals surface area contributed by atoms with Crippen molar-refractivity contribution in [3.05, 3.63) is 64.1 Å². The molecule has 0 aliphatic carbocycles. The molecule has 0 atom stereocenters. The summed E-state index contributed by atoms with van der Waals surface area (Å²) in [6, 6.07) is 10.8. The maximum Gasteiger partial charge on any atom is 0.268 e. The molecular formula is C14H14N2O3. The van der Waals surface area contributed by atoms with Crippen molar-refractivity contribution in [3.63, 3.8) is 0 Å². The highest BCUT2D eigenvalue weighted by molar-refractivity contribution is 5.92. The zero-order chi connectivity index (χ0) is 13.7. The van der Waals surface area contributed by atoms with E-state index in [1.807, 2.05) is 30.3 Å². The normalized spacial score (nSPS) is 9.95. The number of hydrogen-bond acceptors (Lipinski definition) is 3. The van der Waals surface area contributed by atoms with Gasteiger partial charge in [0.2, 0.25) is 5.43 Å². The number of nitrogens with one attached hydrogen (secondary N) is 2. The second kappa shape index (κ2) is 5.86. The maximum atomic E-state index is 11.8. The Morgan fingerprint density at radius 2 is 2.05 bits per heavy atom. The van der Waals surface area contributed by atoms with Crippen LogP contribution in [0, 0.1) is 0 Å². The first-order valence-corrected chi connectivity index (χ1v) is 5.79. The zero-order valence-corrected chi connectivity index (χ0v) is 10.5. The highest BCUT2D eigenvalue weighted by atomic mass is 16.5. The molecule has 0 saturated carbocycles. The number of ether oxygens (including phenoxy) is 1. The number of carbonyl (C=O) groups excluding carboxylic acids is 1. The predicted molar refractivity (Wildman–Crippen MR) is 71.2 cm³/mol. The summed E-state index contributed by atoms with van der Waals surface area (Å²) < 4.78 is 4.83. The minimum atomic E-state index is -0.330. The summed E-state index contributed by atoms with van der Waals surface area (Å²) in [7, 11) is 1.40. The molecule has 0 unspecified atom stereocenters. The van der Waals surface area contributed by atoms with Gasteiger partial charge in [0, 0.05) is 18.8 Å². The van der Waals surface area contributed by atoms with E-state index < -0.39 is 0 Å². The fourth-order valence-corrected chi connectivity index (χ4v) is 1.62. The van der Waals surface area contributed by atoms with Gasteiger partial charge in [-0.25, -0.2) is 0 Å². The Kier molecular flexibility index (Phi) is 3.97. The van der Waals surface area contributed by atoms with E-state index in [9.17, 15) is 9.59 Å². The van der Waals surface area contributed by atoms with Gasteiger partial charge in [-0.2, -0.15) is 0 Å². The van der Waals surface area contributed by atoms with Crippen LogP contribution in [0.3, 0.4) is 0 Å². The van der Waals surface area contributed by atoms with Crippen molar-refractivity contribution in [2.45, 2.75) is 6.54 Å². The molecule has 0 spiro atoms. The first-order valence-electron chi connectivity index (χ1n) is 5.79. The van der Waals surface area contributed by atoms with Gasteiger partial charge in [-0.15, -0.1) is 0 Å². The number of aromatic amines is 1. The molecule has 5 heteroatoms. The fourth-order valence-electron chi connectivity index (χ4n) is 1.62. The molecule has 1 aromatic heterocycles. The van der Waals surface area contributed by atoms with Crippen molar-refractivity contribution in [1.29, 1.82) is 0 Å². The standard InChI is InChI=1S/C14H14N2O3/c1-19-13-9-15-11(7-12(13)17)14(18)16-8-10-5-3-2-4-6-10/h2-7,9H,8H2,1H3,(H,15,17)(H,16,18). The molecule has 19 heavy (non-hydrogen) atoms. The van der Waals surface area contributed by atoms with E-state index in [1.165, 1.54) is 19.4 Å². The van der Waals surface area contributed by atoms with Gasteiger partial charge in [-0.3, -0.25) is 9.59 Å². The summed E-state index contributed by atoms with van der Waals surface area (Å²) in [5.74, 6) is -0.150. The van der Waals surface area contributed by atoms with E-state index in [0.717, 1.165) is 5.56 Å². The Hall–Kier alpha value is -2.56. The molecule has 0 fully saturated rings. The van der Waals surface area contributed by atoms with E-state index >= 15 is 0 Å². The number of aromatic nitrogens is 1. The van der Waals surface area contributed by atoms with Crippen molar-refractivity contribution in [2.24, 2.45) is 0 Å². The smallest absolute Gasteiger partial charge is 0.268 e. The van der Waals surface area contributed by atoms with E-state index in [-0.39, 0.29) is 22.8 Å². The summed E-state index contributed by atoms with van der Waals surface area (Å²) in [6.07, 6.45) is 1.37. The Labute approximate surface area is 110 Å². The number of H-pyrrole nitrogens is 1. The van der Waals surface area contributed by atoms with Gasteiger partial charge < -0.3 is 15.0 Å². The van der Waals surface area contributed by atoms with Crippen LogP contribution in [-0.2, 0) is 6.54 Å². The Bertz CT molecular complexity index is 620. The average molecular weight is 258 g/mol. The second-order valence-corrected chi connectivity index (χ2v) is 3.95. The van der Waals surface area contributed by atoms with E-state index in [4.69, 9.17) is 4.74 Å². The van der Waals surface area contributed by atoms with E-state index in [2.05, 4.69) is 10.3 Å². The van der Waals surface area contributed by atoms with Crippen LogP contribution in [0.25, 0.3) is 0 Å². The average Bonchev–Trinajstić information content (AvgIpc) is 2.45. The highest BCUT2D eigenvalue weighted by Gasteiger charge is 2.08. The van der Waals surface area contributed by atoms with Crippen molar-refractivity contribution in [2.75, 3.05) is 7.11 Å². The molecule has 2 rings (SSSR count). The third kappa shape index (κ3) is 3.22. The van der Waals surface area contributed by atoms with Crippen LogP contribution in [0.4, 0.5) is 0 Å². The maximum absolute atomic E-state index is 11.8. The largest absolute Gasteiger partial charge is 0.491 e. The lowest BCUT2D eigenvalue weighted by Crippen LogP contribution is -2.25. The Balaban J connectivity index is 2.04. The van der Waals surface area contributed by atoms with Crippen LogP contribution >= 0.6 is 0 Å². The molecule has 0 radical (unpaired) electrons. The van der Waals surface area contributed by atoms with Gasteiger partial charge in [0.05, 0.1) is 7.11 Å². The third-order valence-electron chi connectivity index (χ3n) is 2.64. The molecule has 0 bridgehead atoms. The van der Waals surface area contributed by atoms with Gasteiger partial charge in [-0.1, -0.05) is 30.3 Å². The molecule has 2 N–H and O–H groups in total. The molecule has 0 aliphatic rings. The number of hydrogen-bond donors (Lipinski definition) is 2. The molecule has 0 saturated heterocycles. The van der Waals surface area contributed by atoms with Crippen molar-refractivity contribution >= 4 is 5.91 Å². The van der Waals surface area contributed by atoms with Crippen molar-refractivity contribution in [1.82, 2.24) is 10.3 Å². The number of pyridine rings is 1. The van der Waals surface area contributed by atoms with Crippen LogP contribution < -0.4 is 15.5 Å². The van der Waals surface area contributed by atoms with Gasteiger partial charge in [0.15, 0.2) is 5.75 Å². The minimum Gasteiger partial charge on any atom is -0.491 e. The molecule has 2 aromatic rings. The SMILES string of the molecule is COc1c[nH]c(C(=O)NCc2ccccc2)cc1=O. The summed E-state index contributed by atoms with van der Waals surface area (Å²) in [5, 5.41) is 2.73. The molecule has 1 heterocycles. The third-order valence-corrected chi connectivity index (χ3v) is 2.64. The summed E-state index contributed by atoms with van der Waals surface area (Å²) >= 11 is 0. The predicted octanol–water partition coefficient (Wildman–Crippen LogP) is 1.31. The summed E-state index contributed by atoms with van der Waals surface area (Å²) in [5.41, 5.74) is 0.875. The first-order chi connectivity index (χ1) is 9.20. The lowest BCUT2D eigenvalue weighted by molar-refractivity contribution is 0.0945. The summed E-state index contributed by atoms with van der Waals surface area (Å²) in [4.78, 5) is 26.1. The Morgan fingerprint density at radius 1 is 1.32 bits per heavy atom. The molecule has 0 aliphatic heterocycles. The van der Waals surface area contributed by atoms with Gasteiger partial charge >= 0.3 is 0 Å². The van der Waals surface area contributed by atoms with Crippen LogP contribution in [0.1, 0.15) is 16.1 Å². The highest BCUT2D eigenvalue weighted by Crippen LogP contribution is 2.02. The number of carbonyl (C=O) groups is 1. The minimum absolute atomic E-state index is 0.180. The zero-order valence-electron chi connectivity index (χ0n) is 10.5. The lowest BCUT2D eigenvalue weighted by Gasteiger charge is -2.06. The van der Waals surface area contributed by atoms with Crippen LogP contribution in [0.2, 0.25) is 0 Å². The van der Waals surface area contributed by atoms with Crippen LogP contribution in [-0.4, -0.2) is 18.0 Å². The van der Waals surface area contributed by atoms with Crippen molar-refractivity contribution in [3.8, 4) is 5.75 Å². The number of methoxy groups -OCH3 is 1. The van der Waals surface area contributed by atoms with Crippen molar-refractivity contribution < 1.29 is 9.53 Å². The summed E-state index contributed by atoms with van der Waals surface area (Å²) in [6.45, 7) is 0.410. The number of rotatable bonds is 4. The fraction of sp³-hybridized carbons (Fsp3) is 0.143. The van der Waals surface area contributed by atoms with Gasteiger partial charge in [-0.05, 0) is 5.56 Å². The van der Waals surface area contributed by atoms with E-state index in [0.29, 0.717) is 6.54 Å². The number of benzene rings is 1. The molecular weight excluding hydrogens is 244 g/mol. The molecule has 5 nitrogen and oxygen atoms in total. The Morgan fingerprint density at radius 3 is 2.68 bits per heavy atom. The molecule has 1 amide bonds. The number of amides is 1. The second-order valence-electron chi connectivity index (χ2n) is 3.95. The first kappa shape index (κ1) is 12.9. The van der Waals surface area contributed by atoms with Gasteiger partial charge in [0.1, 0.15) is 5.69 Å². The molecule has 98 valence electrons. The van der Waals surface area contributed by atoms with Gasteiger partial charge in [0.25, 0.3) is 5.91 Å². The quantitative estimate of drug-likeness (QED) is 0.868. The van der Waals surface area contributed by atoms with Crippen LogP contribution in [0.15, 0.2) is 47.4 Å². The lowest BCUT2D eigenvalue weighted by atomic mass is 10.2. The van der Waals surface area contributed by atoms with E-state index in [1.54, 1.807) is 0 Å². The topological polar surface area (TPSA) is 71.2 Å². The van der Waals surface area contributed by atoms with Crippen LogP contribution in [0.5, 0.6) is 5.75 Å². The molecule has 1 aromatic carbocycles.